The van der Waals surface area contributed by atoms with Crippen molar-refractivity contribution in [1.29, 1.82) is 0 Å². The van der Waals surface area contributed by atoms with Crippen molar-refractivity contribution < 1.29 is 14.3 Å². The lowest BCUT2D eigenvalue weighted by Gasteiger charge is -2.25. The smallest absolute Gasteiger partial charge is 0.340 e. The summed E-state index contributed by atoms with van der Waals surface area (Å²) in [7, 11) is 0. The monoisotopic (exact) mass is 468 g/mol. The van der Waals surface area contributed by atoms with Crippen LogP contribution in [-0.2, 0) is 4.74 Å². The third-order valence-corrected chi connectivity index (χ3v) is 5.73. The van der Waals surface area contributed by atoms with Gasteiger partial charge in [-0.3, -0.25) is 4.79 Å². The first-order chi connectivity index (χ1) is 15.6. The summed E-state index contributed by atoms with van der Waals surface area (Å²) >= 11 is 0. The number of nitrogens with one attached hydrogen (secondary N) is 2. The lowest BCUT2D eigenvalue weighted by Crippen LogP contribution is -2.29. The summed E-state index contributed by atoms with van der Waals surface area (Å²) in [5.74, 6) is -0.535. The minimum Gasteiger partial charge on any atom is -0.462 e. The van der Waals surface area contributed by atoms with Gasteiger partial charge in [0.15, 0.2) is 0 Å². The van der Waals surface area contributed by atoms with Crippen molar-refractivity contribution in [3.05, 3.63) is 77.1 Å². The number of ether oxygens (including phenoxy) is 1. The molecule has 0 bridgehead atoms. The van der Waals surface area contributed by atoms with E-state index in [4.69, 9.17) is 4.74 Å². The van der Waals surface area contributed by atoms with Crippen molar-refractivity contribution in [1.82, 2.24) is 15.1 Å². The number of aryl methyl sites for hydroxylation is 1. The van der Waals surface area contributed by atoms with Crippen molar-refractivity contribution in [2.75, 3.05) is 25.0 Å². The molecule has 0 radical (unpaired) electrons. The predicted molar refractivity (Wildman–Crippen MR) is 131 cm³/mol. The molecule has 0 saturated carbocycles. The zero-order valence-electron chi connectivity index (χ0n) is 18.8. The van der Waals surface area contributed by atoms with Crippen LogP contribution in [0.2, 0.25) is 0 Å². The lowest BCUT2D eigenvalue weighted by atomic mass is 9.91. The number of para-hydroxylation sites is 1. The molecule has 7 nitrogen and oxygen atoms in total. The van der Waals surface area contributed by atoms with Crippen molar-refractivity contribution in [3.8, 4) is 5.69 Å². The predicted octanol–water partition coefficient (Wildman–Crippen LogP) is 4.50. The quantitative estimate of drug-likeness (QED) is 0.520. The first-order valence-electron chi connectivity index (χ1n) is 11.0. The summed E-state index contributed by atoms with van der Waals surface area (Å²) in [5.41, 5.74) is 4.28. The number of hydrogen-bond donors (Lipinski definition) is 2. The number of aromatic nitrogens is 2. The average Bonchev–Trinajstić information content (AvgIpc) is 3.26. The number of anilines is 1. The van der Waals surface area contributed by atoms with E-state index < -0.39 is 5.97 Å². The number of esters is 1. The van der Waals surface area contributed by atoms with Gasteiger partial charge in [0.1, 0.15) is 0 Å². The molecule has 1 amide bonds. The Kier molecular flexibility index (Phi) is 8.25. The molecule has 0 unspecified atom stereocenters. The van der Waals surface area contributed by atoms with Gasteiger partial charge in [-0.1, -0.05) is 29.8 Å². The summed E-state index contributed by atoms with van der Waals surface area (Å²) in [4.78, 5) is 25.7. The van der Waals surface area contributed by atoms with Gasteiger partial charge in [-0.05, 0) is 64.0 Å². The van der Waals surface area contributed by atoms with Crippen molar-refractivity contribution in [3.63, 3.8) is 0 Å². The number of benzene rings is 2. The molecule has 33 heavy (non-hydrogen) atoms. The molecule has 4 rings (SSSR count). The normalized spacial score (nSPS) is 13.8. The van der Waals surface area contributed by atoms with Gasteiger partial charge in [0.05, 0.1) is 41.0 Å². The minimum absolute atomic E-state index is 0. The molecule has 2 N–H and O–H groups in total. The number of carbonyl (C=O) groups is 2. The van der Waals surface area contributed by atoms with E-state index in [-0.39, 0.29) is 30.8 Å². The molecule has 1 saturated heterocycles. The molecule has 1 aliphatic rings. The number of piperidine rings is 1. The summed E-state index contributed by atoms with van der Waals surface area (Å²) in [5, 5.41) is 10.9. The Morgan fingerprint density at radius 3 is 2.48 bits per heavy atom. The van der Waals surface area contributed by atoms with Gasteiger partial charge in [0, 0.05) is 5.92 Å². The Morgan fingerprint density at radius 2 is 1.79 bits per heavy atom. The highest BCUT2D eigenvalue weighted by atomic mass is 35.5. The number of hydrogen-bond acceptors (Lipinski definition) is 5. The molecule has 1 aliphatic heterocycles. The van der Waals surface area contributed by atoms with Crippen LogP contribution in [0.3, 0.4) is 0 Å². The van der Waals surface area contributed by atoms with Crippen molar-refractivity contribution >= 4 is 30.0 Å². The summed E-state index contributed by atoms with van der Waals surface area (Å²) < 4.78 is 7.01. The third kappa shape index (κ3) is 5.43. The van der Waals surface area contributed by atoms with E-state index in [0.29, 0.717) is 16.8 Å². The molecular weight excluding hydrogens is 440 g/mol. The molecule has 1 fully saturated rings. The molecule has 0 atom stereocenters. The largest absolute Gasteiger partial charge is 0.462 e. The number of amides is 1. The first-order valence-corrected chi connectivity index (χ1v) is 11.0. The first kappa shape index (κ1) is 24.5. The maximum atomic E-state index is 13.4. The highest BCUT2D eigenvalue weighted by Gasteiger charge is 2.27. The van der Waals surface area contributed by atoms with Crippen LogP contribution in [-0.4, -0.2) is 41.4 Å². The van der Waals surface area contributed by atoms with Gasteiger partial charge in [0.2, 0.25) is 0 Å². The Labute approximate surface area is 199 Å². The molecule has 2 heterocycles. The SMILES string of the molecule is CCOC(=O)c1ccccc1NC(=O)c1cnn(-c2ccc(C)cc2)c1C1CCNCC1.Cl. The van der Waals surface area contributed by atoms with Crippen molar-refractivity contribution in [2.24, 2.45) is 0 Å². The van der Waals surface area contributed by atoms with E-state index in [1.807, 2.05) is 35.9 Å². The second kappa shape index (κ2) is 11.1. The van der Waals surface area contributed by atoms with Crippen LogP contribution in [0.25, 0.3) is 5.69 Å². The van der Waals surface area contributed by atoms with Gasteiger partial charge < -0.3 is 15.4 Å². The van der Waals surface area contributed by atoms with Crippen LogP contribution in [0, 0.1) is 6.92 Å². The fraction of sp³-hybridized carbons (Fsp3) is 0.320. The number of nitrogens with zero attached hydrogens (tertiary/aromatic N) is 2. The number of carbonyl (C=O) groups excluding carboxylic acids is 2. The molecule has 174 valence electrons. The Bertz CT molecular complexity index is 1110. The van der Waals surface area contributed by atoms with Crippen LogP contribution in [0.5, 0.6) is 0 Å². The minimum atomic E-state index is -0.461. The standard InChI is InChI=1S/C25H28N4O3.ClH/c1-3-32-25(31)20-6-4-5-7-22(20)28-24(30)21-16-27-29(19-10-8-17(2)9-11-19)23(21)18-12-14-26-15-13-18;/h4-11,16,18,26H,3,12-15H2,1-2H3,(H,28,30);1H. The molecule has 2 aromatic carbocycles. The molecule has 8 heteroatoms. The van der Waals surface area contributed by atoms with Gasteiger partial charge in [-0.2, -0.15) is 5.10 Å². The second-order valence-electron chi connectivity index (χ2n) is 7.94. The van der Waals surface area contributed by atoms with Gasteiger partial charge in [-0.25, -0.2) is 9.48 Å². The van der Waals surface area contributed by atoms with Gasteiger partial charge in [0.25, 0.3) is 5.91 Å². The molecule has 3 aromatic rings. The lowest BCUT2D eigenvalue weighted by molar-refractivity contribution is 0.0527. The van der Waals surface area contributed by atoms with Crippen LogP contribution in [0.15, 0.2) is 54.7 Å². The highest BCUT2D eigenvalue weighted by Crippen LogP contribution is 2.31. The molecule has 0 spiro atoms. The molecule has 0 aliphatic carbocycles. The maximum absolute atomic E-state index is 13.4. The zero-order valence-corrected chi connectivity index (χ0v) is 19.7. The van der Waals surface area contributed by atoms with E-state index in [1.165, 1.54) is 0 Å². The van der Waals surface area contributed by atoms with Crippen LogP contribution < -0.4 is 10.6 Å². The zero-order chi connectivity index (χ0) is 22.5. The van der Waals surface area contributed by atoms with Crippen molar-refractivity contribution in [2.45, 2.75) is 32.6 Å². The topological polar surface area (TPSA) is 85.2 Å². The summed E-state index contributed by atoms with van der Waals surface area (Å²) in [6.45, 7) is 5.86. The Balaban J connectivity index is 0.00000306. The van der Waals surface area contributed by atoms with Gasteiger partial charge in [-0.15, -0.1) is 12.4 Å². The van der Waals surface area contributed by atoms with E-state index in [0.717, 1.165) is 42.9 Å². The summed E-state index contributed by atoms with van der Waals surface area (Å²) in [6, 6.07) is 15.0. The van der Waals surface area contributed by atoms with E-state index in [9.17, 15) is 9.59 Å². The van der Waals surface area contributed by atoms with Crippen LogP contribution >= 0.6 is 12.4 Å². The Morgan fingerprint density at radius 1 is 1.09 bits per heavy atom. The van der Waals surface area contributed by atoms with E-state index in [1.54, 1.807) is 37.4 Å². The molecular formula is C25H29ClN4O3. The fourth-order valence-corrected chi connectivity index (χ4v) is 4.08. The Hall–Kier alpha value is -3.16. The number of halogens is 1. The number of rotatable bonds is 6. The average molecular weight is 469 g/mol. The van der Waals surface area contributed by atoms with E-state index >= 15 is 0 Å². The maximum Gasteiger partial charge on any atom is 0.340 e. The van der Waals surface area contributed by atoms with E-state index in [2.05, 4.69) is 15.7 Å². The molecule has 1 aromatic heterocycles. The van der Waals surface area contributed by atoms with Gasteiger partial charge >= 0.3 is 5.97 Å². The van der Waals surface area contributed by atoms with Crippen LogP contribution in [0.1, 0.15) is 57.7 Å². The third-order valence-electron chi connectivity index (χ3n) is 5.73. The fourth-order valence-electron chi connectivity index (χ4n) is 4.08. The van der Waals surface area contributed by atoms with Crippen LogP contribution in [0.4, 0.5) is 5.69 Å². The summed E-state index contributed by atoms with van der Waals surface area (Å²) in [6.07, 6.45) is 3.48. The highest BCUT2D eigenvalue weighted by molar-refractivity contribution is 6.08. The second-order valence-corrected chi connectivity index (χ2v) is 7.94.